The molecule has 2 N–H and O–H groups in total. The number of rotatable bonds is 4. The summed E-state index contributed by atoms with van der Waals surface area (Å²) in [7, 11) is -3.65. The second-order valence-electron chi connectivity index (χ2n) is 2.83. The Hall–Kier alpha value is -0.770. The molecule has 6 nitrogen and oxygen atoms in total. The van der Waals surface area contributed by atoms with Gasteiger partial charge in [0.1, 0.15) is 4.21 Å². The van der Waals surface area contributed by atoms with Gasteiger partial charge in [0.15, 0.2) is 0 Å². The maximum Gasteiger partial charge on any atom is 0.273 e. The number of halogens is 1. The Morgan fingerprint density at radius 1 is 1.53 bits per heavy atom. The maximum atomic E-state index is 11.9. The van der Waals surface area contributed by atoms with Crippen molar-refractivity contribution in [1.82, 2.24) is 15.2 Å². The van der Waals surface area contributed by atoms with Crippen molar-refractivity contribution in [2.24, 2.45) is 0 Å². The number of nitrogens with one attached hydrogen (secondary N) is 2. The second kappa shape index (κ2) is 4.84. The highest BCUT2D eigenvalue weighted by molar-refractivity contribution is 7.98. The molecule has 0 radical (unpaired) electrons. The van der Waals surface area contributed by atoms with Crippen LogP contribution in [-0.2, 0) is 10.0 Å². The van der Waals surface area contributed by atoms with Crippen molar-refractivity contribution in [1.29, 1.82) is 0 Å². The van der Waals surface area contributed by atoms with Gasteiger partial charge in [0.25, 0.3) is 10.0 Å². The van der Waals surface area contributed by atoms with Crippen LogP contribution >= 0.6 is 34.7 Å². The summed E-state index contributed by atoms with van der Waals surface area (Å²) >= 11 is 7.97. The van der Waals surface area contributed by atoms with E-state index in [-0.39, 0.29) is 10.2 Å². The van der Waals surface area contributed by atoms with Crippen LogP contribution in [0.1, 0.15) is 0 Å². The van der Waals surface area contributed by atoms with Gasteiger partial charge in [-0.15, -0.1) is 16.4 Å². The third-order valence-electron chi connectivity index (χ3n) is 1.69. The van der Waals surface area contributed by atoms with Crippen molar-refractivity contribution in [3.05, 3.63) is 16.5 Å². The molecule has 0 aliphatic heterocycles. The highest BCUT2D eigenvalue weighted by Crippen LogP contribution is 2.26. The number of sulfonamides is 1. The zero-order valence-corrected chi connectivity index (χ0v) is 11.7. The first-order valence-corrected chi connectivity index (χ1v) is 8.16. The van der Waals surface area contributed by atoms with Gasteiger partial charge in [0.2, 0.25) is 11.1 Å². The first kappa shape index (κ1) is 12.7. The number of thiophene rings is 1. The van der Waals surface area contributed by atoms with Crippen LogP contribution in [0.5, 0.6) is 0 Å². The van der Waals surface area contributed by atoms with E-state index in [0.29, 0.717) is 9.49 Å². The molecule has 2 aromatic rings. The van der Waals surface area contributed by atoms with Crippen LogP contribution in [0, 0.1) is 0 Å². The predicted molar refractivity (Wildman–Crippen MR) is 68.3 cm³/mol. The monoisotopic (exact) mass is 310 g/mol. The van der Waals surface area contributed by atoms with E-state index in [0.717, 1.165) is 11.3 Å². The summed E-state index contributed by atoms with van der Waals surface area (Å²) in [5, 5.41) is 6.75. The molecular formula is C7H7ClN4O2S3. The fourth-order valence-electron chi connectivity index (χ4n) is 1.00. The van der Waals surface area contributed by atoms with Gasteiger partial charge in [-0.2, -0.15) is 4.98 Å². The van der Waals surface area contributed by atoms with Gasteiger partial charge in [0.05, 0.1) is 4.34 Å². The Bertz CT molecular complexity index is 621. The molecule has 0 aliphatic rings. The standard InChI is InChI=1S/C7H7ClN4O2S3/c1-15-7-9-6(10-11-7)12-17(13,14)5-3-2-4(8)16-5/h2-3H,1H3,(H2,9,10,11,12). The van der Waals surface area contributed by atoms with Crippen molar-refractivity contribution in [2.45, 2.75) is 9.37 Å². The molecule has 2 rings (SSSR count). The molecule has 0 spiro atoms. The van der Waals surface area contributed by atoms with Gasteiger partial charge < -0.3 is 0 Å². The minimum atomic E-state index is -3.65. The fraction of sp³-hybridized carbons (Fsp3) is 0.143. The van der Waals surface area contributed by atoms with Crippen LogP contribution in [0.4, 0.5) is 5.95 Å². The summed E-state index contributed by atoms with van der Waals surface area (Å²) < 4.78 is 26.5. The van der Waals surface area contributed by atoms with E-state index in [4.69, 9.17) is 11.6 Å². The van der Waals surface area contributed by atoms with Gasteiger partial charge in [0, 0.05) is 0 Å². The molecule has 0 unspecified atom stereocenters. The van der Waals surface area contributed by atoms with Crippen LogP contribution in [0.15, 0.2) is 21.5 Å². The minimum Gasteiger partial charge on any atom is -0.247 e. The fourth-order valence-corrected chi connectivity index (χ4v) is 3.76. The maximum absolute atomic E-state index is 11.9. The number of hydrogen-bond donors (Lipinski definition) is 2. The lowest BCUT2D eigenvalue weighted by Crippen LogP contribution is -2.12. The number of thioether (sulfide) groups is 1. The molecular weight excluding hydrogens is 304 g/mol. The Morgan fingerprint density at radius 3 is 2.82 bits per heavy atom. The lowest BCUT2D eigenvalue weighted by molar-refractivity contribution is 0.602. The summed E-state index contributed by atoms with van der Waals surface area (Å²) in [4.78, 5) is 3.92. The molecule has 2 aromatic heterocycles. The van der Waals surface area contributed by atoms with E-state index in [1.54, 1.807) is 6.26 Å². The molecule has 0 aromatic carbocycles. The SMILES string of the molecule is CSc1n[nH]c(NS(=O)(=O)c2ccc(Cl)s2)n1. The van der Waals surface area contributed by atoms with E-state index in [2.05, 4.69) is 19.9 Å². The molecule has 2 heterocycles. The summed E-state index contributed by atoms with van der Waals surface area (Å²) in [5.74, 6) is 0.0823. The second-order valence-corrected chi connectivity index (χ2v) is 7.23. The minimum absolute atomic E-state index is 0.0823. The van der Waals surface area contributed by atoms with Crippen LogP contribution in [0.25, 0.3) is 0 Å². The molecule has 0 aliphatic carbocycles. The van der Waals surface area contributed by atoms with Gasteiger partial charge in [-0.25, -0.2) is 18.2 Å². The normalized spacial score (nSPS) is 11.6. The predicted octanol–water partition coefficient (Wildman–Crippen LogP) is 2.04. The number of H-pyrrole nitrogens is 1. The zero-order chi connectivity index (χ0) is 12.5. The first-order valence-electron chi connectivity index (χ1n) is 4.26. The average Bonchev–Trinajstić information content (AvgIpc) is 2.86. The number of aromatic nitrogens is 3. The van der Waals surface area contributed by atoms with Crippen LogP contribution in [0.3, 0.4) is 0 Å². The van der Waals surface area contributed by atoms with Gasteiger partial charge in [-0.1, -0.05) is 23.4 Å². The number of anilines is 1. The topological polar surface area (TPSA) is 87.7 Å². The lowest BCUT2D eigenvalue weighted by Gasteiger charge is -2.00. The zero-order valence-electron chi connectivity index (χ0n) is 8.47. The molecule has 0 saturated heterocycles. The largest absolute Gasteiger partial charge is 0.273 e. The quantitative estimate of drug-likeness (QED) is 0.844. The van der Waals surface area contributed by atoms with Crippen molar-refractivity contribution >= 4 is 50.7 Å². The van der Waals surface area contributed by atoms with Crippen LogP contribution in [-0.4, -0.2) is 29.9 Å². The number of hydrogen-bond acceptors (Lipinski definition) is 6. The lowest BCUT2D eigenvalue weighted by atomic mass is 10.7. The smallest absolute Gasteiger partial charge is 0.247 e. The molecule has 10 heteroatoms. The van der Waals surface area contributed by atoms with Crippen molar-refractivity contribution < 1.29 is 8.42 Å². The Kier molecular flexibility index (Phi) is 3.61. The van der Waals surface area contributed by atoms with Gasteiger partial charge in [-0.3, -0.25) is 0 Å². The van der Waals surface area contributed by atoms with E-state index in [9.17, 15) is 8.42 Å². The Labute approximate surface area is 111 Å². The van der Waals surface area contributed by atoms with E-state index in [1.807, 2.05) is 0 Å². The van der Waals surface area contributed by atoms with E-state index in [1.165, 1.54) is 23.9 Å². The summed E-state index contributed by atoms with van der Waals surface area (Å²) in [6, 6.07) is 2.95. The average molecular weight is 311 g/mol. The highest BCUT2D eigenvalue weighted by atomic mass is 35.5. The van der Waals surface area contributed by atoms with Crippen LogP contribution in [0.2, 0.25) is 4.34 Å². The summed E-state index contributed by atoms with van der Waals surface area (Å²) in [6.07, 6.45) is 1.79. The van der Waals surface area contributed by atoms with Crippen molar-refractivity contribution in [2.75, 3.05) is 11.0 Å². The Morgan fingerprint density at radius 2 is 2.29 bits per heavy atom. The molecule has 0 saturated carbocycles. The van der Waals surface area contributed by atoms with Crippen LogP contribution < -0.4 is 4.72 Å². The third kappa shape index (κ3) is 2.92. The first-order chi connectivity index (χ1) is 8.01. The molecule has 0 fully saturated rings. The van der Waals surface area contributed by atoms with E-state index < -0.39 is 10.0 Å². The summed E-state index contributed by atoms with van der Waals surface area (Å²) in [6.45, 7) is 0. The third-order valence-corrected chi connectivity index (χ3v) is 5.30. The molecule has 0 atom stereocenters. The highest BCUT2D eigenvalue weighted by Gasteiger charge is 2.18. The molecule has 0 amide bonds. The molecule has 0 bridgehead atoms. The molecule has 17 heavy (non-hydrogen) atoms. The van der Waals surface area contributed by atoms with Crippen molar-refractivity contribution in [3.8, 4) is 0 Å². The van der Waals surface area contributed by atoms with Crippen molar-refractivity contribution in [3.63, 3.8) is 0 Å². The van der Waals surface area contributed by atoms with Gasteiger partial charge in [-0.05, 0) is 18.4 Å². The number of nitrogens with zero attached hydrogens (tertiary/aromatic N) is 2. The molecule has 92 valence electrons. The summed E-state index contributed by atoms with van der Waals surface area (Å²) in [5.41, 5.74) is 0. The Balaban J connectivity index is 2.23. The number of aromatic amines is 1. The van der Waals surface area contributed by atoms with Gasteiger partial charge >= 0.3 is 0 Å². The van der Waals surface area contributed by atoms with E-state index >= 15 is 0 Å².